The average molecular weight is 404 g/mol. The summed E-state index contributed by atoms with van der Waals surface area (Å²) in [5.41, 5.74) is 1.76. The van der Waals surface area contributed by atoms with E-state index in [1.807, 2.05) is 0 Å². The molecule has 0 spiro atoms. The summed E-state index contributed by atoms with van der Waals surface area (Å²) in [6.45, 7) is 3.27. The molecule has 1 aromatic heterocycles. The summed E-state index contributed by atoms with van der Waals surface area (Å²) in [4.78, 5) is 7.03. The van der Waals surface area contributed by atoms with Gasteiger partial charge in [0, 0.05) is 13.1 Å². The minimum Gasteiger partial charge on any atom is -0.390 e. The van der Waals surface area contributed by atoms with E-state index in [-0.39, 0.29) is 17.3 Å². The second kappa shape index (κ2) is 7.48. The van der Waals surface area contributed by atoms with Crippen LogP contribution in [0.3, 0.4) is 0 Å². The molecule has 0 aliphatic carbocycles. The molecule has 1 aliphatic heterocycles. The zero-order chi connectivity index (χ0) is 19.7. The van der Waals surface area contributed by atoms with E-state index in [4.69, 9.17) is 4.84 Å². The van der Waals surface area contributed by atoms with Crippen LogP contribution >= 0.6 is 0 Å². The first kappa shape index (κ1) is 18.8. The second-order valence-electron chi connectivity index (χ2n) is 7.12. The molecule has 4 rings (SSSR count). The molecule has 148 valence electrons. The lowest BCUT2D eigenvalue weighted by atomic mass is 10.0. The van der Waals surface area contributed by atoms with E-state index in [1.165, 1.54) is 27.3 Å². The largest absolute Gasteiger partial charge is 0.390 e. The minimum absolute atomic E-state index is 0.152. The summed E-state index contributed by atoms with van der Waals surface area (Å²) in [5.74, 6) is 0.0235. The van der Waals surface area contributed by atoms with Crippen molar-refractivity contribution in [3.63, 3.8) is 0 Å². The van der Waals surface area contributed by atoms with E-state index in [0.29, 0.717) is 30.0 Å². The number of hydrogen-bond acceptors (Lipinski definition) is 5. The van der Waals surface area contributed by atoms with Gasteiger partial charge < -0.3 is 4.84 Å². The number of nitrogens with zero attached hydrogens (tertiary/aromatic N) is 4. The summed E-state index contributed by atoms with van der Waals surface area (Å²) in [6, 6.07) is 10.6. The topological polar surface area (TPSA) is 77.3 Å². The van der Waals surface area contributed by atoms with Crippen molar-refractivity contribution >= 4 is 21.1 Å². The molecule has 28 heavy (non-hydrogen) atoms. The van der Waals surface area contributed by atoms with E-state index < -0.39 is 10.0 Å². The van der Waals surface area contributed by atoms with E-state index in [2.05, 4.69) is 17.2 Å². The van der Waals surface area contributed by atoms with Gasteiger partial charge in [-0.1, -0.05) is 23.9 Å². The molecule has 0 bridgehead atoms. The fourth-order valence-electron chi connectivity index (χ4n) is 3.36. The van der Waals surface area contributed by atoms with Crippen molar-refractivity contribution in [1.82, 2.24) is 19.5 Å². The molecule has 9 heteroatoms. The van der Waals surface area contributed by atoms with Crippen LogP contribution in [-0.4, -0.2) is 41.0 Å². The molecule has 2 heterocycles. The zero-order valence-electron chi connectivity index (χ0n) is 15.5. The van der Waals surface area contributed by atoms with Crippen LogP contribution < -0.4 is 4.84 Å². The van der Waals surface area contributed by atoms with Crippen LogP contribution in [0.4, 0.5) is 4.39 Å². The predicted molar refractivity (Wildman–Crippen MR) is 101 cm³/mol. The van der Waals surface area contributed by atoms with Gasteiger partial charge in [0.15, 0.2) is 0 Å². The van der Waals surface area contributed by atoms with Crippen LogP contribution in [0, 0.1) is 11.7 Å². The molecule has 1 unspecified atom stereocenters. The molecule has 0 saturated carbocycles. The van der Waals surface area contributed by atoms with Gasteiger partial charge in [-0.15, -0.1) is 5.10 Å². The predicted octanol–water partition coefficient (Wildman–Crippen LogP) is 2.62. The van der Waals surface area contributed by atoms with E-state index in [0.717, 1.165) is 18.4 Å². The van der Waals surface area contributed by atoms with Crippen molar-refractivity contribution in [3.8, 4) is 0 Å². The average Bonchev–Trinajstić information content (AvgIpc) is 3.10. The standard InChI is InChI=1S/C19H21FN4O3S/c1-14-3-2-10-23(12-14)28(25,26)17-8-9-18-19(11-17)24(22-21-18)27-13-15-4-6-16(20)7-5-15/h4-9,11,14H,2-3,10,12-13H2,1H3. The molecule has 1 aliphatic rings. The molecule has 2 aromatic carbocycles. The highest BCUT2D eigenvalue weighted by Gasteiger charge is 2.29. The Hall–Kier alpha value is -2.52. The normalized spacial score (nSPS) is 18.4. The van der Waals surface area contributed by atoms with E-state index >= 15 is 0 Å². The monoisotopic (exact) mass is 404 g/mol. The maximum Gasteiger partial charge on any atom is 0.243 e. The highest BCUT2D eigenvalue weighted by molar-refractivity contribution is 7.89. The number of fused-ring (bicyclic) bond motifs is 1. The Morgan fingerprint density at radius 1 is 1.21 bits per heavy atom. The van der Waals surface area contributed by atoms with Gasteiger partial charge in [0.2, 0.25) is 10.0 Å². The molecular formula is C19H21FN4O3S. The molecule has 0 radical (unpaired) electrons. The number of piperidine rings is 1. The fraction of sp³-hybridized carbons (Fsp3) is 0.368. The van der Waals surface area contributed by atoms with Crippen molar-refractivity contribution in [2.24, 2.45) is 5.92 Å². The highest BCUT2D eigenvalue weighted by Crippen LogP contribution is 2.25. The molecule has 1 fully saturated rings. The third-order valence-corrected chi connectivity index (χ3v) is 6.77. The number of halogens is 1. The highest BCUT2D eigenvalue weighted by atomic mass is 32.2. The molecule has 1 saturated heterocycles. The molecule has 1 atom stereocenters. The van der Waals surface area contributed by atoms with Crippen LogP contribution in [0.25, 0.3) is 11.0 Å². The van der Waals surface area contributed by atoms with Crippen molar-refractivity contribution < 1.29 is 17.6 Å². The second-order valence-corrected chi connectivity index (χ2v) is 9.06. The Morgan fingerprint density at radius 3 is 2.75 bits per heavy atom. The van der Waals surface area contributed by atoms with Gasteiger partial charge in [0.1, 0.15) is 23.5 Å². The first-order valence-electron chi connectivity index (χ1n) is 9.17. The smallest absolute Gasteiger partial charge is 0.243 e. The Balaban J connectivity index is 1.59. The number of aromatic nitrogens is 3. The number of hydrogen-bond donors (Lipinski definition) is 0. The maximum atomic E-state index is 13.0. The fourth-order valence-corrected chi connectivity index (χ4v) is 4.98. The minimum atomic E-state index is -3.59. The van der Waals surface area contributed by atoms with Crippen LogP contribution in [0.2, 0.25) is 0 Å². The molecule has 0 amide bonds. The van der Waals surface area contributed by atoms with Gasteiger partial charge in [-0.25, -0.2) is 12.8 Å². The van der Waals surface area contributed by atoms with Crippen molar-refractivity contribution in [2.45, 2.75) is 31.3 Å². The number of rotatable bonds is 5. The van der Waals surface area contributed by atoms with Gasteiger partial charge in [-0.05, 0) is 59.9 Å². The van der Waals surface area contributed by atoms with Crippen LogP contribution in [0.15, 0.2) is 47.4 Å². The third kappa shape index (κ3) is 3.72. The van der Waals surface area contributed by atoms with Gasteiger partial charge in [-0.2, -0.15) is 4.31 Å². The SMILES string of the molecule is CC1CCCN(S(=O)(=O)c2ccc3nnn(OCc4ccc(F)cc4)c3c2)C1. The van der Waals surface area contributed by atoms with Crippen molar-refractivity contribution in [2.75, 3.05) is 13.1 Å². The third-order valence-electron chi connectivity index (χ3n) is 4.91. The van der Waals surface area contributed by atoms with E-state index in [1.54, 1.807) is 24.3 Å². The summed E-state index contributed by atoms with van der Waals surface area (Å²) in [5, 5.41) is 7.95. The molecule has 7 nitrogen and oxygen atoms in total. The lowest BCUT2D eigenvalue weighted by molar-refractivity contribution is 0.0751. The van der Waals surface area contributed by atoms with E-state index in [9.17, 15) is 12.8 Å². The summed E-state index contributed by atoms with van der Waals surface area (Å²) < 4.78 is 40.6. The Kier molecular flexibility index (Phi) is 5.03. The summed E-state index contributed by atoms with van der Waals surface area (Å²) in [6.07, 6.45) is 1.90. The van der Waals surface area contributed by atoms with Crippen LogP contribution in [0.5, 0.6) is 0 Å². The van der Waals surface area contributed by atoms with Crippen molar-refractivity contribution in [3.05, 3.63) is 53.8 Å². The lowest BCUT2D eigenvalue weighted by Crippen LogP contribution is -2.39. The van der Waals surface area contributed by atoms with Crippen molar-refractivity contribution in [1.29, 1.82) is 0 Å². The number of sulfonamides is 1. The lowest BCUT2D eigenvalue weighted by Gasteiger charge is -2.30. The number of benzene rings is 2. The Morgan fingerprint density at radius 2 is 2.00 bits per heavy atom. The summed E-state index contributed by atoms with van der Waals surface area (Å²) in [7, 11) is -3.59. The first-order valence-corrected chi connectivity index (χ1v) is 10.6. The molecular weight excluding hydrogens is 383 g/mol. The van der Waals surface area contributed by atoms with Gasteiger partial charge >= 0.3 is 0 Å². The Labute approximate surface area is 162 Å². The van der Waals surface area contributed by atoms with Crippen LogP contribution in [0.1, 0.15) is 25.3 Å². The molecule has 3 aromatic rings. The quantitative estimate of drug-likeness (QED) is 0.653. The zero-order valence-corrected chi connectivity index (χ0v) is 16.3. The molecule has 0 N–H and O–H groups in total. The van der Waals surface area contributed by atoms with Gasteiger partial charge in [0.05, 0.1) is 4.90 Å². The Bertz CT molecular complexity index is 1080. The summed E-state index contributed by atoms with van der Waals surface area (Å²) >= 11 is 0. The van der Waals surface area contributed by atoms with Gasteiger partial charge in [-0.3, -0.25) is 0 Å². The maximum absolute atomic E-state index is 13.0. The van der Waals surface area contributed by atoms with Crippen LogP contribution in [-0.2, 0) is 16.6 Å². The first-order chi connectivity index (χ1) is 13.4. The van der Waals surface area contributed by atoms with Gasteiger partial charge in [0.25, 0.3) is 0 Å².